The van der Waals surface area contributed by atoms with Gasteiger partial charge in [-0.25, -0.2) is 4.79 Å². The Morgan fingerprint density at radius 1 is 1.54 bits per heavy atom. The van der Waals surface area contributed by atoms with E-state index in [1.54, 1.807) is 6.07 Å². The maximum Gasteiger partial charge on any atom is 0.335 e. The van der Waals surface area contributed by atoms with Crippen LogP contribution in [0.1, 0.15) is 10.4 Å². The minimum atomic E-state index is -1.01. The lowest BCUT2D eigenvalue weighted by molar-refractivity contribution is -0.105. The molecule has 1 rings (SSSR count). The molecular formula is C8H6INO3. The summed E-state index contributed by atoms with van der Waals surface area (Å²) in [4.78, 5) is 20.7. The topological polar surface area (TPSA) is 66.4 Å². The van der Waals surface area contributed by atoms with Gasteiger partial charge in [0.1, 0.15) is 0 Å². The van der Waals surface area contributed by atoms with Gasteiger partial charge in [0.05, 0.1) is 11.3 Å². The molecule has 0 fully saturated rings. The molecule has 13 heavy (non-hydrogen) atoms. The van der Waals surface area contributed by atoms with E-state index >= 15 is 0 Å². The van der Waals surface area contributed by atoms with Crippen LogP contribution in [0.2, 0.25) is 0 Å². The number of benzene rings is 1. The van der Waals surface area contributed by atoms with Crippen LogP contribution in [0.3, 0.4) is 0 Å². The lowest BCUT2D eigenvalue weighted by atomic mass is 10.2. The first-order valence-corrected chi connectivity index (χ1v) is 4.46. The number of nitrogens with one attached hydrogen (secondary N) is 1. The summed E-state index contributed by atoms with van der Waals surface area (Å²) < 4.78 is 0.801. The van der Waals surface area contributed by atoms with Crippen LogP contribution < -0.4 is 5.32 Å². The van der Waals surface area contributed by atoms with Gasteiger partial charge in [-0.1, -0.05) is 0 Å². The van der Waals surface area contributed by atoms with Crippen LogP contribution in [-0.4, -0.2) is 17.5 Å². The third-order valence-corrected chi connectivity index (χ3v) is 2.37. The fourth-order valence-corrected chi connectivity index (χ4v) is 1.32. The van der Waals surface area contributed by atoms with E-state index in [0.29, 0.717) is 12.1 Å². The maximum atomic E-state index is 10.6. The lowest BCUT2D eigenvalue weighted by Gasteiger charge is -2.02. The standard InChI is InChI=1S/C8H6INO3/c9-6-2-1-5(8(12)13)3-7(6)10-4-11/h1-4H,(H,10,11)(H,12,13). The number of carbonyl (C=O) groups is 2. The average Bonchev–Trinajstić information content (AvgIpc) is 2.08. The predicted molar refractivity (Wildman–Crippen MR) is 55.8 cm³/mol. The first-order valence-electron chi connectivity index (χ1n) is 3.38. The molecule has 0 aromatic heterocycles. The highest BCUT2D eigenvalue weighted by Gasteiger charge is 2.05. The van der Waals surface area contributed by atoms with Gasteiger partial charge < -0.3 is 10.4 Å². The molecule has 0 unspecified atom stereocenters. The Morgan fingerprint density at radius 3 is 2.77 bits per heavy atom. The normalized spacial score (nSPS) is 9.31. The van der Waals surface area contributed by atoms with E-state index in [9.17, 15) is 9.59 Å². The Kier molecular flexibility index (Phi) is 3.24. The summed E-state index contributed by atoms with van der Waals surface area (Å²) in [5.41, 5.74) is 0.667. The van der Waals surface area contributed by atoms with Crippen molar-refractivity contribution in [1.29, 1.82) is 0 Å². The Bertz CT molecular complexity index is 351. The van der Waals surface area contributed by atoms with Gasteiger partial charge in [-0.2, -0.15) is 0 Å². The van der Waals surface area contributed by atoms with Gasteiger partial charge >= 0.3 is 5.97 Å². The zero-order valence-electron chi connectivity index (χ0n) is 6.45. The van der Waals surface area contributed by atoms with Crippen molar-refractivity contribution in [1.82, 2.24) is 0 Å². The van der Waals surface area contributed by atoms with E-state index in [2.05, 4.69) is 5.32 Å². The maximum absolute atomic E-state index is 10.6. The number of anilines is 1. The number of rotatable bonds is 3. The van der Waals surface area contributed by atoms with Crippen molar-refractivity contribution >= 4 is 40.7 Å². The molecule has 0 aliphatic carbocycles. The lowest BCUT2D eigenvalue weighted by Crippen LogP contribution is -2.01. The molecule has 0 atom stereocenters. The first kappa shape index (κ1) is 9.97. The van der Waals surface area contributed by atoms with Gasteiger partial charge in [0, 0.05) is 3.57 Å². The number of carboxylic acid groups (broad SMARTS) is 1. The third kappa shape index (κ3) is 2.41. The first-order chi connectivity index (χ1) is 6.15. The summed E-state index contributed by atoms with van der Waals surface area (Å²) in [7, 11) is 0. The molecule has 0 radical (unpaired) electrons. The third-order valence-electron chi connectivity index (χ3n) is 1.43. The molecule has 4 nitrogen and oxygen atoms in total. The summed E-state index contributed by atoms with van der Waals surface area (Å²) in [6.45, 7) is 0. The highest BCUT2D eigenvalue weighted by molar-refractivity contribution is 14.1. The highest BCUT2D eigenvalue weighted by Crippen LogP contribution is 2.19. The molecule has 0 aliphatic rings. The fraction of sp³-hybridized carbons (Fsp3) is 0. The molecule has 0 saturated heterocycles. The Labute approximate surface area is 88.1 Å². The molecule has 2 N–H and O–H groups in total. The fourth-order valence-electron chi connectivity index (χ4n) is 0.832. The Morgan fingerprint density at radius 2 is 2.23 bits per heavy atom. The second-order valence-corrected chi connectivity index (χ2v) is 3.42. The van der Waals surface area contributed by atoms with Gasteiger partial charge in [0.15, 0.2) is 0 Å². The SMILES string of the molecule is O=CNc1cc(C(=O)O)ccc1I. The largest absolute Gasteiger partial charge is 0.478 e. The molecule has 68 valence electrons. The minimum absolute atomic E-state index is 0.157. The zero-order chi connectivity index (χ0) is 9.84. The van der Waals surface area contributed by atoms with Gasteiger partial charge in [-0.3, -0.25) is 4.79 Å². The van der Waals surface area contributed by atoms with Crippen molar-refractivity contribution in [3.63, 3.8) is 0 Å². The van der Waals surface area contributed by atoms with E-state index in [4.69, 9.17) is 5.11 Å². The van der Waals surface area contributed by atoms with E-state index < -0.39 is 5.97 Å². The monoisotopic (exact) mass is 291 g/mol. The van der Waals surface area contributed by atoms with Crippen LogP contribution in [0.5, 0.6) is 0 Å². The number of halogens is 1. The van der Waals surface area contributed by atoms with Crippen molar-refractivity contribution < 1.29 is 14.7 Å². The van der Waals surface area contributed by atoms with Crippen LogP contribution in [0, 0.1) is 3.57 Å². The molecule has 0 saturated carbocycles. The molecule has 5 heteroatoms. The highest BCUT2D eigenvalue weighted by atomic mass is 127. The molecule has 1 aromatic carbocycles. The summed E-state index contributed by atoms with van der Waals surface area (Å²) >= 11 is 2.01. The quantitative estimate of drug-likeness (QED) is 0.656. The number of hydrogen-bond donors (Lipinski definition) is 2. The summed E-state index contributed by atoms with van der Waals surface area (Å²) in [5.74, 6) is -1.01. The zero-order valence-corrected chi connectivity index (χ0v) is 8.61. The molecule has 1 amide bonds. The predicted octanol–water partition coefficient (Wildman–Crippen LogP) is 1.56. The van der Waals surface area contributed by atoms with E-state index in [-0.39, 0.29) is 5.56 Å². The number of carboxylic acids is 1. The second kappa shape index (κ2) is 4.22. The second-order valence-electron chi connectivity index (χ2n) is 2.26. The van der Waals surface area contributed by atoms with Crippen LogP contribution in [0.25, 0.3) is 0 Å². The Balaban J connectivity index is 3.10. The molecule has 0 aliphatic heterocycles. The van der Waals surface area contributed by atoms with Gasteiger partial charge in [0.25, 0.3) is 0 Å². The smallest absolute Gasteiger partial charge is 0.335 e. The van der Waals surface area contributed by atoms with E-state index in [1.807, 2.05) is 22.6 Å². The van der Waals surface area contributed by atoms with Gasteiger partial charge in [-0.05, 0) is 40.8 Å². The summed E-state index contributed by atoms with van der Waals surface area (Å²) in [6.07, 6.45) is 0.517. The molecule has 0 bridgehead atoms. The van der Waals surface area contributed by atoms with E-state index in [0.717, 1.165) is 3.57 Å². The number of amides is 1. The van der Waals surface area contributed by atoms with Crippen LogP contribution >= 0.6 is 22.6 Å². The Hall–Kier alpha value is -1.11. The van der Waals surface area contributed by atoms with Crippen molar-refractivity contribution in [2.24, 2.45) is 0 Å². The number of aromatic carboxylic acids is 1. The van der Waals surface area contributed by atoms with Crippen molar-refractivity contribution in [2.45, 2.75) is 0 Å². The van der Waals surface area contributed by atoms with Crippen molar-refractivity contribution in [3.8, 4) is 0 Å². The van der Waals surface area contributed by atoms with Crippen molar-refractivity contribution in [3.05, 3.63) is 27.3 Å². The average molecular weight is 291 g/mol. The van der Waals surface area contributed by atoms with Crippen LogP contribution in [0.15, 0.2) is 18.2 Å². The van der Waals surface area contributed by atoms with Crippen molar-refractivity contribution in [2.75, 3.05) is 5.32 Å². The molecule has 0 heterocycles. The minimum Gasteiger partial charge on any atom is -0.478 e. The van der Waals surface area contributed by atoms with Crippen LogP contribution in [-0.2, 0) is 4.79 Å². The molecule has 0 spiro atoms. The van der Waals surface area contributed by atoms with Gasteiger partial charge in [-0.15, -0.1) is 0 Å². The number of carbonyl (C=O) groups excluding carboxylic acids is 1. The summed E-state index contributed by atoms with van der Waals surface area (Å²) in [6, 6.07) is 4.54. The number of hydrogen-bond acceptors (Lipinski definition) is 2. The molecule has 1 aromatic rings. The summed E-state index contributed by atoms with van der Waals surface area (Å²) in [5, 5.41) is 11.1. The van der Waals surface area contributed by atoms with E-state index in [1.165, 1.54) is 12.1 Å². The van der Waals surface area contributed by atoms with Gasteiger partial charge in [0.2, 0.25) is 6.41 Å². The molecular weight excluding hydrogens is 285 g/mol. The van der Waals surface area contributed by atoms with Crippen LogP contribution in [0.4, 0.5) is 5.69 Å².